The van der Waals surface area contributed by atoms with Gasteiger partial charge >= 0.3 is 0 Å². The molecule has 0 aliphatic carbocycles. The number of halogens is 2. The Hall–Kier alpha value is -2.80. The first-order valence-electron chi connectivity index (χ1n) is 10.8. The number of piperidine rings is 2. The lowest BCUT2D eigenvalue weighted by atomic mass is 9.92. The third-order valence-corrected chi connectivity index (χ3v) is 6.35. The van der Waals surface area contributed by atoms with Crippen molar-refractivity contribution in [2.45, 2.75) is 31.7 Å². The van der Waals surface area contributed by atoms with Crippen LogP contribution in [0.4, 0.5) is 14.5 Å². The molecule has 0 atom stereocenters. The number of rotatable bonds is 4. The van der Waals surface area contributed by atoms with Gasteiger partial charge in [0.1, 0.15) is 11.6 Å². The zero-order valence-corrected chi connectivity index (χ0v) is 17.4. The Morgan fingerprint density at radius 2 is 1.52 bits per heavy atom. The summed E-state index contributed by atoms with van der Waals surface area (Å²) in [7, 11) is 0. The fraction of sp³-hybridized carbons (Fsp3) is 0.417. The highest BCUT2D eigenvalue weighted by atomic mass is 19.1. The summed E-state index contributed by atoms with van der Waals surface area (Å²) >= 11 is 0. The summed E-state index contributed by atoms with van der Waals surface area (Å²) in [6, 6.07) is 12.1. The maximum atomic E-state index is 13.4. The summed E-state index contributed by atoms with van der Waals surface area (Å²) in [4.78, 5) is 29.3. The van der Waals surface area contributed by atoms with E-state index in [2.05, 4.69) is 10.2 Å². The van der Waals surface area contributed by atoms with Crippen LogP contribution in [0.3, 0.4) is 0 Å². The van der Waals surface area contributed by atoms with Crippen LogP contribution in [0, 0.1) is 17.6 Å². The molecule has 2 saturated heterocycles. The van der Waals surface area contributed by atoms with Gasteiger partial charge in [0, 0.05) is 36.3 Å². The van der Waals surface area contributed by atoms with Gasteiger partial charge in [0.2, 0.25) is 5.91 Å². The lowest BCUT2D eigenvalue weighted by molar-refractivity contribution is -0.121. The normalized spacial score (nSPS) is 18.7. The Kier molecular flexibility index (Phi) is 6.61. The second kappa shape index (κ2) is 9.56. The van der Waals surface area contributed by atoms with Crippen molar-refractivity contribution in [3.63, 3.8) is 0 Å². The number of nitrogens with one attached hydrogen (secondary N) is 1. The summed E-state index contributed by atoms with van der Waals surface area (Å²) in [6.45, 7) is 3.02. The van der Waals surface area contributed by atoms with E-state index in [9.17, 15) is 18.4 Å². The summed E-state index contributed by atoms with van der Waals surface area (Å²) < 4.78 is 26.4. The molecule has 2 aliphatic heterocycles. The molecular weight excluding hydrogens is 400 g/mol. The number of carbonyl (C=O) groups is 2. The van der Waals surface area contributed by atoms with E-state index in [0.717, 1.165) is 38.8 Å². The number of benzene rings is 2. The Labute approximate surface area is 181 Å². The first kappa shape index (κ1) is 21.4. The molecule has 2 heterocycles. The quantitative estimate of drug-likeness (QED) is 0.805. The molecule has 2 aromatic rings. The molecule has 2 aromatic carbocycles. The summed E-state index contributed by atoms with van der Waals surface area (Å²) in [5, 5.41) is 2.88. The molecule has 4 rings (SSSR count). The molecule has 5 nitrogen and oxygen atoms in total. The monoisotopic (exact) mass is 427 g/mol. The van der Waals surface area contributed by atoms with Gasteiger partial charge in [-0.1, -0.05) is 6.07 Å². The highest BCUT2D eigenvalue weighted by Crippen LogP contribution is 2.25. The van der Waals surface area contributed by atoms with Crippen LogP contribution in [0.2, 0.25) is 0 Å². The van der Waals surface area contributed by atoms with Gasteiger partial charge in [-0.2, -0.15) is 0 Å². The number of hydrogen-bond acceptors (Lipinski definition) is 3. The zero-order valence-electron chi connectivity index (χ0n) is 17.4. The van der Waals surface area contributed by atoms with E-state index < -0.39 is 5.82 Å². The minimum atomic E-state index is -0.396. The first-order valence-corrected chi connectivity index (χ1v) is 10.8. The fourth-order valence-corrected chi connectivity index (χ4v) is 4.54. The van der Waals surface area contributed by atoms with Crippen LogP contribution in [0.5, 0.6) is 0 Å². The molecular formula is C24H27F2N3O2. The van der Waals surface area contributed by atoms with Gasteiger partial charge in [-0.3, -0.25) is 9.59 Å². The van der Waals surface area contributed by atoms with E-state index in [0.29, 0.717) is 30.4 Å². The van der Waals surface area contributed by atoms with E-state index in [1.165, 1.54) is 24.3 Å². The molecule has 0 aromatic heterocycles. The number of carbonyl (C=O) groups excluding carboxylic acids is 2. The second-order valence-electron chi connectivity index (χ2n) is 8.34. The Bertz CT molecular complexity index is 919. The van der Waals surface area contributed by atoms with Crippen molar-refractivity contribution >= 4 is 17.5 Å². The molecule has 2 aliphatic rings. The van der Waals surface area contributed by atoms with Crippen LogP contribution in [0.15, 0.2) is 48.5 Å². The molecule has 2 fully saturated rings. The van der Waals surface area contributed by atoms with Gasteiger partial charge in [-0.25, -0.2) is 8.78 Å². The predicted octanol–water partition coefficient (Wildman–Crippen LogP) is 3.92. The van der Waals surface area contributed by atoms with Crippen molar-refractivity contribution in [2.24, 2.45) is 5.92 Å². The van der Waals surface area contributed by atoms with E-state index in [1.807, 2.05) is 0 Å². The number of anilines is 1. The van der Waals surface area contributed by atoms with Crippen LogP contribution < -0.4 is 5.32 Å². The van der Waals surface area contributed by atoms with E-state index in [1.54, 1.807) is 29.2 Å². The third kappa shape index (κ3) is 5.28. The number of nitrogens with zero attached hydrogens (tertiary/aromatic N) is 2. The zero-order chi connectivity index (χ0) is 21.8. The molecule has 164 valence electrons. The first-order chi connectivity index (χ1) is 15.0. The molecule has 0 spiro atoms. The van der Waals surface area contributed by atoms with Crippen LogP contribution in [0.1, 0.15) is 36.0 Å². The molecule has 7 heteroatoms. The minimum absolute atomic E-state index is 0.0123. The van der Waals surface area contributed by atoms with Crippen LogP contribution in [0.25, 0.3) is 0 Å². The average Bonchev–Trinajstić information content (AvgIpc) is 2.80. The Morgan fingerprint density at radius 3 is 2.16 bits per heavy atom. The topological polar surface area (TPSA) is 52.7 Å². The lowest BCUT2D eigenvalue weighted by Gasteiger charge is -2.41. The van der Waals surface area contributed by atoms with Crippen LogP contribution in [-0.2, 0) is 4.79 Å². The molecule has 31 heavy (non-hydrogen) atoms. The highest BCUT2D eigenvalue weighted by molar-refractivity contribution is 5.94. The fourth-order valence-electron chi connectivity index (χ4n) is 4.54. The van der Waals surface area contributed by atoms with Gasteiger partial charge in [-0.05, 0) is 81.2 Å². The van der Waals surface area contributed by atoms with Crippen molar-refractivity contribution in [2.75, 3.05) is 31.5 Å². The van der Waals surface area contributed by atoms with Crippen molar-refractivity contribution in [1.29, 1.82) is 0 Å². The maximum absolute atomic E-state index is 13.4. The van der Waals surface area contributed by atoms with E-state index in [-0.39, 0.29) is 23.5 Å². The minimum Gasteiger partial charge on any atom is -0.339 e. The summed E-state index contributed by atoms with van der Waals surface area (Å²) in [5.41, 5.74) is 1.01. The third-order valence-electron chi connectivity index (χ3n) is 6.35. The van der Waals surface area contributed by atoms with Crippen molar-refractivity contribution in [3.05, 3.63) is 65.7 Å². The van der Waals surface area contributed by atoms with Crippen molar-refractivity contribution in [3.8, 4) is 0 Å². The molecule has 0 bridgehead atoms. The van der Waals surface area contributed by atoms with Gasteiger partial charge in [0.25, 0.3) is 5.91 Å². The smallest absolute Gasteiger partial charge is 0.253 e. The van der Waals surface area contributed by atoms with Crippen LogP contribution >= 0.6 is 0 Å². The number of likely N-dealkylation sites (tertiary alicyclic amines) is 2. The van der Waals surface area contributed by atoms with Gasteiger partial charge in [0.05, 0.1) is 0 Å². The predicted molar refractivity (Wildman–Crippen MR) is 115 cm³/mol. The molecule has 2 amide bonds. The highest BCUT2D eigenvalue weighted by Gasteiger charge is 2.32. The van der Waals surface area contributed by atoms with Crippen molar-refractivity contribution in [1.82, 2.24) is 9.80 Å². The Morgan fingerprint density at radius 1 is 0.839 bits per heavy atom. The molecule has 0 radical (unpaired) electrons. The maximum Gasteiger partial charge on any atom is 0.253 e. The summed E-state index contributed by atoms with van der Waals surface area (Å²) in [6.07, 6.45) is 3.34. The van der Waals surface area contributed by atoms with Gasteiger partial charge in [0.15, 0.2) is 0 Å². The van der Waals surface area contributed by atoms with Gasteiger partial charge in [-0.15, -0.1) is 0 Å². The van der Waals surface area contributed by atoms with E-state index >= 15 is 0 Å². The second-order valence-corrected chi connectivity index (χ2v) is 8.34. The molecule has 0 saturated carbocycles. The lowest BCUT2D eigenvalue weighted by Crippen LogP contribution is -2.49. The SMILES string of the molecule is O=C(Nc1ccc(F)cc1)C1CCN(C2CCN(C(=O)c3cccc(F)c3)CC2)CC1. The standard InChI is InChI=1S/C24H27F2N3O2/c25-19-4-6-21(7-5-19)27-23(30)17-8-12-28(13-9-17)22-10-14-29(15-11-22)24(31)18-2-1-3-20(26)16-18/h1-7,16-17,22H,8-15H2,(H,27,30). The Balaban J connectivity index is 1.23. The van der Waals surface area contributed by atoms with Crippen LogP contribution in [-0.4, -0.2) is 53.8 Å². The molecule has 1 N–H and O–H groups in total. The number of amides is 2. The largest absolute Gasteiger partial charge is 0.339 e. The van der Waals surface area contributed by atoms with E-state index in [4.69, 9.17) is 0 Å². The molecule has 0 unspecified atom stereocenters. The van der Waals surface area contributed by atoms with Crippen molar-refractivity contribution < 1.29 is 18.4 Å². The van der Waals surface area contributed by atoms with Gasteiger partial charge < -0.3 is 15.1 Å². The average molecular weight is 427 g/mol. The number of hydrogen-bond donors (Lipinski definition) is 1. The summed E-state index contributed by atoms with van der Waals surface area (Å²) in [5.74, 6) is -0.895.